The van der Waals surface area contributed by atoms with Gasteiger partial charge in [0, 0.05) is 12.1 Å². The largest absolute Gasteiger partial charge is 0.480 e. The Bertz CT molecular complexity index is 417. The second kappa shape index (κ2) is 6.78. The minimum absolute atomic E-state index is 0.0922. The van der Waals surface area contributed by atoms with E-state index in [1.165, 1.54) is 4.90 Å². The van der Waals surface area contributed by atoms with Gasteiger partial charge < -0.3 is 20.6 Å². The fourth-order valence-electron chi connectivity index (χ4n) is 2.51. The van der Waals surface area contributed by atoms with Crippen LogP contribution in [0.15, 0.2) is 0 Å². The van der Waals surface area contributed by atoms with Crippen molar-refractivity contribution < 1.29 is 19.5 Å². The Hall–Kier alpha value is -1.79. The molecule has 7 nitrogen and oxygen atoms in total. The summed E-state index contributed by atoms with van der Waals surface area (Å²) in [6, 6.07) is -1.33. The molecule has 0 bridgehead atoms. The Morgan fingerprint density at radius 3 is 2.43 bits per heavy atom. The third-order valence-electron chi connectivity index (χ3n) is 3.36. The van der Waals surface area contributed by atoms with Crippen molar-refractivity contribution in [2.75, 3.05) is 13.1 Å². The number of nitrogens with one attached hydrogen (secondary N) is 2. The molecule has 0 saturated carbocycles. The highest BCUT2D eigenvalue weighted by Gasteiger charge is 2.37. The molecular formula is C14H25N3O4. The number of nitrogens with zero attached hydrogens (tertiary/aromatic N) is 1. The van der Waals surface area contributed by atoms with E-state index in [4.69, 9.17) is 0 Å². The third-order valence-corrected chi connectivity index (χ3v) is 3.36. The highest BCUT2D eigenvalue weighted by molar-refractivity contribution is 5.87. The number of hydrogen-bond acceptors (Lipinski definition) is 3. The molecule has 2 unspecified atom stereocenters. The van der Waals surface area contributed by atoms with E-state index >= 15 is 0 Å². The van der Waals surface area contributed by atoms with Crippen LogP contribution in [0.25, 0.3) is 0 Å². The van der Waals surface area contributed by atoms with Crippen LogP contribution < -0.4 is 10.6 Å². The number of carbonyl (C=O) groups is 3. The van der Waals surface area contributed by atoms with Crippen LogP contribution in [-0.4, -0.2) is 52.6 Å². The smallest absolute Gasteiger partial charge is 0.326 e. The molecule has 0 aromatic heterocycles. The van der Waals surface area contributed by atoms with Crippen LogP contribution in [0.4, 0.5) is 4.79 Å². The van der Waals surface area contributed by atoms with Crippen molar-refractivity contribution in [3.8, 4) is 0 Å². The molecule has 120 valence electrons. The lowest BCUT2D eigenvalue weighted by Crippen LogP contribution is -2.56. The summed E-state index contributed by atoms with van der Waals surface area (Å²) in [6.45, 7) is 7.60. The quantitative estimate of drug-likeness (QED) is 0.717. The van der Waals surface area contributed by atoms with E-state index in [1.807, 2.05) is 27.7 Å². The van der Waals surface area contributed by atoms with Crippen LogP contribution in [0.3, 0.4) is 0 Å². The number of carboxylic acid groups (broad SMARTS) is 1. The molecule has 21 heavy (non-hydrogen) atoms. The highest BCUT2D eigenvalue weighted by Crippen LogP contribution is 2.23. The summed E-state index contributed by atoms with van der Waals surface area (Å²) >= 11 is 0. The van der Waals surface area contributed by atoms with E-state index < -0.39 is 18.0 Å². The Balaban J connectivity index is 2.57. The topological polar surface area (TPSA) is 98.7 Å². The minimum Gasteiger partial charge on any atom is -0.480 e. The second-order valence-electron chi connectivity index (χ2n) is 6.55. The number of piperidine rings is 1. The zero-order valence-electron chi connectivity index (χ0n) is 13.1. The molecule has 3 amide bonds. The van der Waals surface area contributed by atoms with Gasteiger partial charge in [0.1, 0.15) is 6.04 Å². The van der Waals surface area contributed by atoms with Crippen LogP contribution in [-0.2, 0) is 9.59 Å². The van der Waals surface area contributed by atoms with Gasteiger partial charge in [0.15, 0.2) is 0 Å². The van der Waals surface area contributed by atoms with Crippen LogP contribution in [0.1, 0.15) is 40.5 Å². The predicted octanol–water partition coefficient (Wildman–Crippen LogP) is 0.796. The van der Waals surface area contributed by atoms with E-state index in [0.29, 0.717) is 6.54 Å². The lowest BCUT2D eigenvalue weighted by atomic mass is 9.91. The van der Waals surface area contributed by atoms with Gasteiger partial charge in [-0.05, 0) is 39.5 Å². The lowest BCUT2D eigenvalue weighted by molar-refractivity contribution is -0.145. The van der Waals surface area contributed by atoms with E-state index in [0.717, 1.165) is 12.8 Å². The predicted molar refractivity (Wildman–Crippen MR) is 77.8 cm³/mol. The van der Waals surface area contributed by atoms with Gasteiger partial charge in [-0.3, -0.25) is 4.79 Å². The molecule has 2 atom stereocenters. The van der Waals surface area contributed by atoms with Gasteiger partial charge in [0.05, 0.1) is 6.54 Å². The van der Waals surface area contributed by atoms with Crippen molar-refractivity contribution in [2.24, 2.45) is 5.92 Å². The Morgan fingerprint density at radius 1 is 1.29 bits per heavy atom. The fourth-order valence-corrected chi connectivity index (χ4v) is 2.51. The van der Waals surface area contributed by atoms with Crippen molar-refractivity contribution >= 4 is 17.9 Å². The van der Waals surface area contributed by atoms with E-state index in [-0.39, 0.29) is 23.9 Å². The first-order valence-electron chi connectivity index (χ1n) is 7.20. The van der Waals surface area contributed by atoms with Gasteiger partial charge in [-0.15, -0.1) is 0 Å². The number of amides is 3. The first-order chi connectivity index (χ1) is 9.61. The first kappa shape index (κ1) is 17.3. The van der Waals surface area contributed by atoms with Gasteiger partial charge in [0.2, 0.25) is 5.91 Å². The molecule has 0 aromatic carbocycles. The number of aliphatic carboxylic acids is 1. The molecule has 1 heterocycles. The standard InChI is InChI=1S/C14H25N3O4/c1-9-6-5-7-17(11(9)12(19)20)13(21)15-8-10(18)16-14(2,3)4/h9,11H,5-8H2,1-4H3,(H,15,21)(H,16,18)(H,19,20). The molecule has 0 aliphatic carbocycles. The maximum Gasteiger partial charge on any atom is 0.326 e. The first-order valence-corrected chi connectivity index (χ1v) is 7.20. The minimum atomic E-state index is -1.00. The van der Waals surface area contributed by atoms with Gasteiger partial charge >= 0.3 is 12.0 Å². The average Bonchev–Trinajstić information content (AvgIpc) is 2.33. The maximum atomic E-state index is 12.1. The summed E-state index contributed by atoms with van der Waals surface area (Å²) in [5.74, 6) is -1.39. The summed E-state index contributed by atoms with van der Waals surface area (Å²) in [5, 5.41) is 14.5. The molecule has 1 aliphatic rings. The van der Waals surface area contributed by atoms with Gasteiger partial charge in [-0.2, -0.15) is 0 Å². The summed E-state index contributed by atoms with van der Waals surface area (Å²) in [6.07, 6.45) is 1.55. The molecule has 3 N–H and O–H groups in total. The average molecular weight is 299 g/mol. The summed E-state index contributed by atoms with van der Waals surface area (Å²) in [7, 11) is 0. The number of carboxylic acids is 1. The monoisotopic (exact) mass is 299 g/mol. The number of likely N-dealkylation sites (tertiary alicyclic amines) is 1. The highest BCUT2D eigenvalue weighted by atomic mass is 16.4. The van der Waals surface area contributed by atoms with Crippen LogP contribution in [0.2, 0.25) is 0 Å². The fraction of sp³-hybridized carbons (Fsp3) is 0.786. The Morgan fingerprint density at radius 2 is 1.90 bits per heavy atom. The Labute approximate surface area is 125 Å². The molecule has 1 aliphatic heterocycles. The van der Waals surface area contributed by atoms with Crippen molar-refractivity contribution in [2.45, 2.75) is 52.1 Å². The van der Waals surface area contributed by atoms with Crippen molar-refractivity contribution in [3.05, 3.63) is 0 Å². The zero-order chi connectivity index (χ0) is 16.2. The van der Waals surface area contributed by atoms with Gasteiger partial charge in [0.25, 0.3) is 0 Å². The SMILES string of the molecule is CC1CCCN(C(=O)NCC(=O)NC(C)(C)C)C1C(=O)O. The third kappa shape index (κ3) is 5.24. The molecule has 1 fully saturated rings. The van der Waals surface area contributed by atoms with Crippen LogP contribution in [0.5, 0.6) is 0 Å². The van der Waals surface area contributed by atoms with Crippen LogP contribution >= 0.6 is 0 Å². The Kier molecular flexibility index (Phi) is 5.57. The van der Waals surface area contributed by atoms with Gasteiger partial charge in [-0.25, -0.2) is 9.59 Å². The van der Waals surface area contributed by atoms with E-state index in [2.05, 4.69) is 10.6 Å². The maximum absolute atomic E-state index is 12.1. The molecule has 0 aromatic rings. The number of hydrogen-bond donors (Lipinski definition) is 3. The van der Waals surface area contributed by atoms with Crippen molar-refractivity contribution in [3.63, 3.8) is 0 Å². The summed E-state index contributed by atoms with van der Waals surface area (Å²) in [4.78, 5) is 36.4. The number of rotatable bonds is 3. The van der Waals surface area contributed by atoms with E-state index in [9.17, 15) is 19.5 Å². The molecule has 1 saturated heterocycles. The van der Waals surface area contributed by atoms with E-state index in [1.54, 1.807) is 0 Å². The van der Waals surface area contributed by atoms with Crippen LogP contribution in [0, 0.1) is 5.92 Å². The molecule has 0 spiro atoms. The summed E-state index contributed by atoms with van der Waals surface area (Å²) in [5.41, 5.74) is -0.370. The molecule has 7 heteroatoms. The molecule has 0 radical (unpaired) electrons. The number of carbonyl (C=O) groups excluding carboxylic acids is 2. The molecule has 1 rings (SSSR count). The van der Waals surface area contributed by atoms with Gasteiger partial charge in [-0.1, -0.05) is 6.92 Å². The van der Waals surface area contributed by atoms with Crippen molar-refractivity contribution in [1.29, 1.82) is 0 Å². The zero-order valence-corrected chi connectivity index (χ0v) is 13.1. The number of urea groups is 1. The van der Waals surface area contributed by atoms with Crippen molar-refractivity contribution in [1.82, 2.24) is 15.5 Å². The summed E-state index contributed by atoms with van der Waals surface area (Å²) < 4.78 is 0. The lowest BCUT2D eigenvalue weighted by Gasteiger charge is -2.37. The molecular weight excluding hydrogens is 274 g/mol. The normalized spacial score (nSPS) is 22.6. The second-order valence-corrected chi connectivity index (χ2v) is 6.55.